The molecule has 1 unspecified atom stereocenters. The van der Waals surface area contributed by atoms with Crippen LogP contribution in [-0.2, 0) is 14.3 Å². The van der Waals surface area contributed by atoms with E-state index in [0.717, 1.165) is 31.4 Å². The van der Waals surface area contributed by atoms with Crippen molar-refractivity contribution in [1.29, 1.82) is 0 Å². The lowest BCUT2D eigenvalue weighted by atomic mass is 10.0. The fraction of sp³-hybridized carbons (Fsp3) is 0.611. The van der Waals surface area contributed by atoms with Gasteiger partial charge in [0.1, 0.15) is 5.75 Å². The molecule has 4 nitrogen and oxygen atoms in total. The van der Waals surface area contributed by atoms with Gasteiger partial charge in [-0.15, -0.1) is 0 Å². The summed E-state index contributed by atoms with van der Waals surface area (Å²) in [6, 6.07) is 7.39. The van der Waals surface area contributed by atoms with E-state index in [2.05, 4.69) is 0 Å². The molecule has 1 aliphatic rings. The molecular formula is C18H25ClO4. The van der Waals surface area contributed by atoms with Gasteiger partial charge in [-0.05, 0) is 49.8 Å². The zero-order chi connectivity index (χ0) is 16.7. The Morgan fingerprint density at radius 2 is 2.13 bits per heavy atom. The van der Waals surface area contributed by atoms with Gasteiger partial charge in [-0.3, -0.25) is 0 Å². The summed E-state index contributed by atoms with van der Waals surface area (Å²) in [5, 5.41) is 0.676. The minimum atomic E-state index is -0.664. The Bertz CT molecular complexity index is 511. The Hall–Kier alpha value is -1.26. The standard InChI is InChI=1S/C18H25ClO4/c1-14(2)12-22-17(20)18(13-23-18)9-4-3-5-10-21-16-8-6-7-15(19)11-16/h6-8,11,14H,3-5,9-10,12-13H2,1-2H3. The summed E-state index contributed by atoms with van der Waals surface area (Å²) >= 11 is 5.90. The van der Waals surface area contributed by atoms with Gasteiger partial charge in [-0.25, -0.2) is 4.79 Å². The van der Waals surface area contributed by atoms with E-state index in [1.54, 1.807) is 6.07 Å². The Balaban J connectivity index is 1.57. The third kappa shape index (κ3) is 6.04. The van der Waals surface area contributed by atoms with Crippen LogP contribution in [0.4, 0.5) is 0 Å². The molecule has 1 aromatic carbocycles. The molecule has 0 radical (unpaired) electrons. The monoisotopic (exact) mass is 340 g/mol. The maximum absolute atomic E-state index is 12.0. The first-order valence-corrected chi connectivity index (χ1v) is 8.59. The molecule has 0 N–H and O–H groups in total. The van der Waals surface area contributed by atoms with Crippen LogP contribution in [0, 0.1) is 5.92 Å². The maximum Gasteiger partial charge on any atom is 0.340 e. The van der Waals surface area contributed by atoms with Crippen LogP contribution >= 0.6 is 11.6 Å². The minimum absolute atomic E-state index is 0.207. The predicted molar refractivity (Wildman–Crippen MR) is 89.9 cm³/mol. The molecule has 0 amide bonds. The molecule has 0 spiro atoms. The lowest BCUT2D eigenvalue weighted by Crippen LogP contribution is -2.28. The molecule has 1 aliphatic heterocycles. The number of ether oxygens (including phenoxy) is 3. The summed E-state index contributed by atoms with van der Waals surface area (Å²) in [5.41, 5.74) is -0.664. The van der Waals surface area contributed by atoms with E-state index in [0.29, 0.717) is 30.8 Å². The Morgan fingerprint density at radius 1 is 1.35 bits per heavy atom. The highest BCUT2D eigenvalue weighted by Crippen LogP contribution is 2.34. The number of hydrogen-bond acceptors (Lipinski definition) is 4. The quantitative estimate of drug-likeness (QED) is 0.363. The van der Waals surface area contributed by atoms with Gasteiger partial charge in [0.2, 0.25) is 0 Å². The van der Waals surface area contributed by atoms with E-state index < -0.39 is 5.60 Å². The van der Waals surface area contributed by atoms with Crippen molar-refractivity contribution in [1.82, 2.24) is 0 Å². The number of epoxide rings is 1. The molecule has 5 heteroatoms. The molecule has 0 aromatic heterocycles. The van der Waals surface area contributed by atoms with Crippen LogP contribution < -0.4 is 4.74 Å². The van der Waals surface area contributed by atoms with Gasteiger partial charge in [-0.2, -0.15) is 0 Å². The molecular weight excluding hydrogens is 316 g/mol. The summed E-state index contributed by atoms with van der Waals surface area (Å²) in [7, 11) is 0. The minimum Gasteiger partial charge on any atom is -0.494 e. The molecule has 1 atom stereocenters. The fourth-order valence-electron chi connectivity index (χ4n) is 2.26. The summed E-state index contributed by atoms with van der Waals surface area (Å²) < 4.78 is 16.3. The zero-order valence-electron chi connectivity index (χ0n) is 13.8. The van der Waals surface area contributed by atoms with E-state index in [9.17, 15) is 4.79 Å². The van der Waals surface area contributed by atoms with Crippen molar-refractivity contribution in [2.24, 2.45) is 5.92 Å². The van der Waals surface area contributed by atoms with Crippen molar-refractivity contribution in [2.75, 3.05) is 19.8 Å². The first-order valence-electron chi connectivity index (χ1n) is 8.21. The lowest BCUT2D eigenvalue weighted by Gasteiger charge is -2.13. The Kier molecular flexibility index (Phi) is 6.72. The van der Waals surface area contributed by atoms with Crippen molar-refractivity contribution in [3.05, 3.63) is 29.3 Å². The number of rotatable bonds is 10. The van der Waals surface area contributed by atoms with Crippen LogP contribution in [0.25, 0.3) is 0 Å². The van der Waals surface area contributed by atoms with Crippen molar-refractivity contribution in [3.63, 3.8) is 0 Å². The zero-order valence-corrected chi connectivity index (χ0v) is 14.6. The summed E-state index contributed by atoms with van der Waals surface area (Å²) in [5.74, 6) is 0.927. The average Bonchev–Trinajstić information content (AvgIpc) is 3.29. The number of esters is 1. The van der Waals surface area contributed by atoms with Crippen LogP contribution in [-0.4, -0.2) is 31.4 Å². The van der Waals surface area contributed by atoms with Gasteiger partial charge >= 0.3 is 5.97 Å². The normalized spacial score (nSPS) is 19.7. The Labute approximate surface area is 143 Å². The molecule has 1 heterocycles. The smallest absolute Gasteiger partial charge is 0.340 e. The van der Waals surface area contributed by atoms with E-state index in [4.69, 9.17) is 25.8 Å². The SMILES string of the molecule is CC(C)COC(=O)C1(CCCCCOc2cccc(Cl)c2)CO1. The highest BCUT2D eigenvalue weighted by Gasteiger charge is 2.53. The van der Waals surface area contributed by atoms with Gasteiger partial charge in [0.25, 0.3) is 0 Å². The van der Waals surface area contributed by atoms with Crippen LogP contribution in [0.3, 0.4) is 0 Å². The number of unbranched alkanes of at least 4 members (excludes halogenated alkanes) is 2. The number of carbonyl (C=O) groups excluding carboxylic acids is 1. The predicted octanol–water partition coefficient (Wildman–Crippen LogP) is 4.25. The highest BCUT2D eigenvalue weighted by molar-refractivity contribution is 6.30. The van der Waals surface area contributed by atoms with E-state index in [-0.39, 0.29) is 5.97 Å². The van der Waals surface area contributed by atoms with Gasteiger partial charge < -0.3 is 14.2 Å². The number of benzene rings is 1. The molecule has 128 valence electrons. The average molecular weight is 341 g/mol. The topological polar surface area (TPSA) is 48.1 Å². The maximum atomic E-state index is 12.0. The lowest BCUT2D eigenvalue weighted by molar-refractivity contribution is -0.151. The molecule has 0 saturated carbocycles. The highest BCUT2D eigenvalue weighted by atomic mass is 35.5. The van der Waals surface area contributed by atoms with Crippen LogP contribution in [0.1, 0.15) is 39.5 Å². The molecule has 1 fully saturated rings. The van der Waals surface area contributed by atoms with Crippen molar-refractivity contribution in [2.45, 2.75) is 45.1 Å². The van der Waals surface area contributed by atoms with Crippen molar-refractivity contribution in [3.8, 4) is 5.75 Å². The molecule has 1 saturated heterocycles. The van der Waals surface area contributed by atoms with Crippen LogP contribution in [0.2, 0.25) is 5.02 Å². The molecule has 1 aromatic rings. The third-order valence-electron chi connectivity index (χ3n) is 3.70. The van der Waals surface area contributed by atoms with Gasteiger partial charge in [0.15, 0.2) is 5.60 Å². The van der Waals surface area contributed by atoms with E-state index in [1.807, 2.05) is 32.0 Å². The van der Waals surface area contributed by atoms with Crippen molar-refractivity contribution < 1.29 is 19.0 Å². The molecule has 2 rings (SSSR count). The van der Waals surface area contributed by atoms with E-state index in [1.165, 1.54) is 0 Å². The molecule has 0 aliphatic carbocycles. The van der Waals surface area contributed by atoms with Gasteiger partial charge in [0, 0.05) is 5.02 Å². The summed E-state index contributed by atoms with van der Waals surface area (Å²) in [4.78, 5) is 12.0. The number of carbonyl (C=O) groups is 1. The number of hydrogen-bond donors (Lipinski definition) is 0. The van der Waals surface area contributed by atoms with Gasteiger partial charge in [-0.1, -0.05) is 31.5 Å². The summed E-state index contributed by atoms with van der Waals surface area (Å²) in [6.07, 6.45) is 3.57. The second-order valence-electron chi connectivity index (χ2n) is 6.39. The summed E-state index contributed by atoms with van der Waals surface area (Å²) in [6.45, 7) is 5.63. The first-order chi connectivity index (χ1) is 11.0. The van der Waals surface area contributed by atoms with E-state index >= 15 is 0 Å². The molecule has 0 bridgehead atoms. The molecule has 23 heavy (non-hydrogen) atoms. The Morgan fingerprint density at radius 3 is 2.78 bits per heavy atom. The van der Waals surface area contributed by atoms with Gasteiger partial charge in [0.05, 0.1) is 19.8 Å². The number of halogens is 1. The van der Waals surface area contributed by atoms with Crippen LogP contribution in [0.15, 0.2) is 24.3 Å². The largest absolute Gasteiger partial charge is 0.494 e. The third-order valence-corrected chi connectivity index (χ3v) is 3.94. The van der Waals surface area contributed by atoms with Crippen molar-refractivity contribution >= 4 is 17.6 Å². The first kappa shape index (κ1) is 18.1. The second-order valence-corrected chi connectivity index (χ2v) is 6.83. The van der Waals surface area contributed by atoms with Crippen LogP contribution in [0.5, 0.6) is 5.75 Å². The second kappa shape index (κ2) is 8.55. The fourth-order valence-corrected chi connectivity index (χ4v) is 2.44.